The lowest BCUT2D eigenvalue weighted by Gasteiger charge is -2.08. The zero-order chi connectivity index (χ0) is 14.1. The highest BCUT2D eigenvalue weighted by Gasteiger charge is 2.25. The molecule has 0 unspecified atom stereocenters. The minimum absolute atomic E-state index is 0.00220. The first-order valence-electron chi connectivity index (χ1n) is 5.75. The van der Waals surface area contributed by atoms with Crippen LogP contribution in [-0.4, -0.2) is 45.0 Å². The fourth-order valence-electron chi connectivity index (χ4n) is 1.80. The van der Waals surface area contributed by atoms with Crippen LogP contribution in [0.2, 0.25) is 0 Å². The number of carbonyl (C=O) groups is 1. The van der Waals surface area contributed by atoms with E-state index in [1.165, 1.54) is 10.9 Å². The number of fused-ring (bicyclic) bond motifs is 1. The molecule has 0 spiro atoms. The lowest BCUT2D eigenvalue weighted by atomic mass is 10.4. The summed E-state index contributed by atoms with van der Waals surface area (Å²) in [6, 6.07) is 0. The molecule has 106 valence electrons. The lowest BCUT2D eigenvalue weighted by Crippen LogP contribution is -2.19. The highest BCUT2D eigenvalue weighted by atomic mass is 16.8. The summed E-state index contributed by atoms with van der Waals surface area (Å²) in [6.45, 7) is 0.429. The number of aromatic amines is 1. The van der Waals surface area contributed by atoms with Crippen LogP contribution in [0.5, 0.6) is 0 Å². The highest BCUT2D eigenvalue weighted by molar-refractivity contribution is 5.70. The molecule has 0 radical (unpaired) electrons. The summed E-state index contributed by atoms with van der Waals surface area (Å²) in [5, 5.41) is 0. The fourth-order valence-corrected chi connectivity index (χ4v) is 1.80. The average Bonchev–Trinajstić information content (AvgIpc) is 2.97. The van der Waals surface area contributed by atoms with Crippen LogP contribution >= 0.6 is 0 Å². The Morgan fingerprint density at radius 3 is 3.15 bits per heavy atom. The number of aromatic nitrogens is 4. The number of hydrogen-bond acceptors (Lipinski definition) is 8. The maximum absolute atomic E-state index is 11.6. The van der Waals surface area contributed by atoms with Crippen molar-refractivity contribution in [2.75, 3.05) is 18.9 Å². The van der Waals surface area contributed by atoms with Crippen LogP contribution in [0.4, 0.5) is 10.7 Å². The second-order valence-electron chi connectivity index (χ2n) is 4.14. The van der Waals surface area contributed by atoms with Gasteiger partial charge in [-0.05, 0) is 0 Å². The number of hydrogen-bond donors (Lipinski definition) is 2. The van der Waals surface area contributed by atoms with E-state index < -0.39 is 17.8 Å². The van der Waals surface area contributed by atoms with Gasteiger partial charge in [0.25, 0.3) is 5.56 Å². The summed E-state index contributed by atoms with van der Waals surface area (Å²) in [4.78, 5) is 32.6. The number of anilines is 1. The van der Waals surface area contributed by atoms with Gasteiger partial charge in [-0.1, -0.05) is 0 Å². The number of H-pyrrole nitrogens is 1. The SMILES string of the molecule is Nc1nc2c(ncn2COC[C@H]2COC(=O)O2)c(=O)[nH]1. The van der Waals surface area contributed by atoms with Gasteiger partial charge in [0.2, 0.25) is 5.95 Å². The maximum atomic E-state index is 11.6. The molecule has 1 saturated heterocycles. The van der Waals surface area contributed by atoms with Crippen LogP contribution in [0.3, 0.4) is 0 Å². The van der Waals surface area contributed by atoms with Crippen molar-refractivity contribution < 1.29 is 19.0 Å². The first kappa shape index (κ1) is 12.4. The Kier molecular flexibility index (Phi) is 2.99. The van der Waals surface area contributed by atoms with E-state index in [-0.39, 0.29) is 31.4 Å². The van der Waals surface area contributed by atoms with E-state index in [1.54, 1.807) is 0 Å². The second kappa shape index (κ2) is 4.81. The molecule has 20 heavy (non-hydrogen) atoms. The highest BCUT2D eigenvalue weighted by Crippen LogP contribution is 2.09. The number of nitrogen functional groups attached to an aromatic ring is 1. The van der Waals surface area contributed by atoms with E-state index in [2.05, 4.69) is 19.7 Å². The van der Waals surface area contributed by atoms with Gasteiger partial charge in [-0.15, -0.1) is 0 Å². The quantitative estimate of drug-likeness (QED) is 0.696. The molecule has 2 aromatic rings. The normalized spacial score (nSPS) is 18.2. The second-order valence-corrected chi connectivity index (χ2v) is 4.14. The summed E-state index contributed by atoms with van der Waals surface area (Å²) in [5.74, 6) is 0.00220. The zero-order valence-corrected chi connectivity index (χ0v) is 10.2. The van der Waals surface area contributed by atoms with Gasteiger partial charge in [-0.2, -0.15) is 4.98 Å². The summed E-state index contributed by atoms with van der Waals surface area (Å²) >= 11 is 0. The van der Waals surface area contributed by atoms with Gasteiger partial charge in [0.05, 0.1) is 12.9 Å². The van der Waals surface area contributed by atoms with E-state index in [0.717, 1.165) is 0 Å². The number of cyclic esters (lactones) is 2. The van der Waals surface area contributed by atoms with Gasteiger partial charge in [-0.25, -0.2) is 9.78 Å². The molecule has 1 aliphatic rings. The lowest BCUT2D eigenvalue weighted by molar-refractivity contribution is 0.0157. The zero-order valence-electron chi connectivity index (χ0n) is 10.2. The number of nitrogens with two attached hydrogens (primary N) is 1. The third-order valence-corrected chi connectivity index (χ3v) is 2.68. The Morgan fingerprint density at radius 1 is 1.55 bits per heavy atom. The van der Waals surface area contributed by atoms with Crippen molar-refractivity contribution >= 4 is 23.3 Å². The Labute approximate surface area is 111 Å². The molecule has 3 rings (SSSR count). The van der Waals surface area contributed by atoms with Crippen molar-refractivity contribution in [2.24, 2.45) is 0 Å². The monoisotopic (exact) mass is 281 g/mol. The molecule has 10 nitrogen and oxygen atoms in total. The molecule has 2 aromatic heterocycles. The summed E-state index contributed by atoms with van der Waals surface area (Å²) < 4.78 is 16.3. The molecule has 10 heteroatoms. The Morgan fingerprint density at radius 2 is 2.40 bits per heavy atom. The van der Waals surface area contributed by atoms with Crippen molar-refractivity contribution in [3.05, 3.63) is 16.7 Å². The molecular weight excluding hydrogens is 270 g/mol. The van der Waals surface area contributed by atoms with E-state index >= 15 is 0 Å². The van der Waals surface area contributed by atoms with Gasteiger partial charge in [0, 0.05) is 0 Å². The van der Waals surface area contributed by atoms with Gasteiger partial charge in [0.15, 0.2) is 17.3 Å². The minimum Gasteiger partial charge on any atom is -0.430 e. The maximum Gasteiger partial charge on any atom is 0.508 e. The molecule has 1 atom stereocenters. The fraction of sp³-hybridized carbons (Fsp3) is 0.400. The number of nitrogens with zero attached hydrogens (tertiary/aromatic N) is 3. The summed E-state index contributed by atoms with van der Waals surface area (Å²) in [7, 11) is 0. The number of carbonyl (C=O) groups excluding carboxylic acids is 1. The molecule has 0 bridgehead atoms. The largest absolute Gasteiger partial charge is 0.508 e. The molecule has 3 heterocycles. The average molecular weight is 281 g/mol. The van der Waals surface area contributed by atoms with Crippen LogP contribution in [0, 0.1) is 0 Å². The number of ether oxygens (including phenoxy) is 3. The Bertz CT molecular complexity index is 708. The smallest absolute Gasteiger partial charge is 0.430 e. The Hall–Kier alpha value is -2.62. The summed E-state index contributed by atoms with van der Waals surface area (Å²) in [6.07, 6.45) is 0.287. The minimum atomic E-state index is -0.701. The van der Waals surface area contributed by atoms with E-state index in [9.17, 15) is 9.59 Å². The van der Waals surface area contributed by atoms with Crippen molar-refractivity contribution in [3.63, 3.8) is 0 Å². The van der Waals surface area contributed by atoms with Crippen LogP contribution in [0.25, 0.3) is 11.2 Å². The number of nitrogens with one attached hydrogen (secondary N) is 1. The van der Waals surface area contributed by atoms with Crippen molar-refractivity contribution in [2.45, 2.75) is 12.8 Å². The van der Waals surface area contributed by atoms with Crippen molar-refractivity contribution in [1.29, 1.82) is 0 Å². The van der Waals surface area contributed by atoms with E-state index in [4.69, 9.17) is 15.2 Å². The van der Waals surface area contributed by atoms with E-state index in [1.807, 2.05) is 0 Å². The molecular formula is C10H11N5O5. The third kappa shape index (κ3) is 2.28. The van der Waals surface area contributed by atoms with Crippen LogP contribution in [0.1, 0.15) is 0 Å². The van der Waals surface area contributed by atoms with Crippen molar-refractivity contribution in [1.82, 2.24) is 19.5 Å². The van der Waals surface area contributed by atoms with E-state index in [0.29, 0.717) is 5.65 Å². The molecule has 0 aliphatic carbocycles. The Balaban J connectivity index is 1.69. The van der Waals surface area contributed by atoms with Crippen molar-refractivity contribution in [3.8, 4) is 0 Å². The molecule has 0 saturated carbocycles. The standard InChI is InChI=1S/C10H11N5O5/c11-9-13-7-6(8(16)14-9)12-3-15(7)4-18-1-5-2-19-10(17)20-5/h3,5H,1-2,4H2,(H3,11,13,14,16)/t5-/m0/s1. The van der Waals surface area contributed by atoms with Crippen LogP contribution in [0.15, 0.2) is 11.1 Å². The number of rotatable bonds is 4. The third-order valence-electron chi connectivity index (χ3n) is 2.68. The van der Waals surface area contributed by atoms with Gasteiger partial charge >= 0.3 is 6.16 Å². The summed E-state index contributed by atoms with van der Waals surface area (Å²) in [5.41, 5.74) is 5.57. The molecule has 3 N–H and O–H groups in total. The van der Waals surface area contributed by atoms with Crippen LogP contribution in [-0.2, 0) is 20.9 Å². The van der Waals surface area contributed by atoms with Crippen LogP contribution < -0.4 is 11.3 Å². The topological polar surface area (TPSA) is 134 Å². The molecule has 1 aliphatic heterocycles. The molecule has 0 amide bonds. The first-order chi connectivity index (χ1) is 9.63. The number of imidazole rings is 1. The molecule has 1 fully saturated rings. The molecule has 0 aromatic carbocycles. The predicted molar refractivity (Wildman–Crippen MR) is 64.7 cm³/mol. The van der Waals surface area contributed by atoms with Gasteiger partial charge in [0.1, 0.15) is 13.3 Å². The van der Waals surface area contributed by atoms with Gasteiger partial charge in [-0.3, -0.25) is 14.3 Å². The predicted octanol–water partition coefficient (Wildman–Crippen LogP) is -0.789. The van der Waals surface area contributed by atoms with Gasteiger partial charge < -0.3 is 19.9 Å². The first-order valence-corrected chi connectivity index (χ1v) is 5.75.